The van der Waals surface area contributed by atoms with Crippen LogP contribution in [-0.2, 0) is 16.6 Å². The number of nitrogens with zero attached hydrogens (tertiary/aromatic N) is 4. The molecule has 0 aliphatic carbocycles. The normalized spacial score (nSPS) is 13.8. The molecule has 1 amide bonds. The topological polar surface area (TPSA) is 73.8 Å². The van der Waals surface area contributed by atoms with Gasteiger partial charge in [0.05, 0.1) is 17.0 Å². The Bertz CT molecular complexity index is 1470. The highest BCUT2D eigenvalue weighted by molar-refractivity contribution is 7.92. The number of benzene rings is 3. The molecule has 0 radical (unpaired) electrons. The lowest BCUT2D eigenvalue weighted by molar-refractivity contribution is 0.0746. The number of hydrogen-bond acceptors (Lipinski definition) is 5. The van der Waals surface area contributed by atoms with Gasteiger partial charge in [0.1, 0.15) is 5.82 Å². The predicted octanol–water partition coefficient (Wildman–Crippen LogP) is 5.09. The number of hydrogen-bond donors (Lipinski definition) is 0. The van der Waals surface area contributed by atoms with Crippen LogP contribution in [0.4, 0.5) is 11.5 Å². The average Bonchev–Trinajstić information content (AvgIpc) is 2.97. The Hall–Kier alpha value is -3.88. The van der Waals surface area contributed by atoms with Crippen molar-refractivity contribution >= 4 is 39.0 Å². The molecule has 0 unspecified atom stereocenters. The average molecular weight is 547 g/mol. The van der Waals surface area contributed by atoms with E-state index < -0.39 is 10.0 Å². The maximum Gasteiger partial charge on any atom is 0.265 e. The van der Waals surface area contributed by atoms with Gasteiger partial charge in [0.25, 0.3) is 15.9 Å². The van der Waals surface area contributed by atoms with Crippen molar-refractivity contribution in [2.24, 2.45) is 0 Å². The highest BCUT2D eigenvalue weighted by Gasteiger charge is 2.27. The molecule has 0 bridgehead atoms. The number of amides is 1. The number of halogens is 1. The van der Waals surface area contributed by atoms with Gasteiger partial charge in [-0.2, -0.15) is 0 Å². The fraction of sp³-hybridized carbons (Fsp3) is 0.172. The van der Waals surface area contributed by atoms with Crippen LogP contribution in [-0.4, -0.2) is 50.4 Å². The first-order valence-corrected chi connectivity index (χ1v) is 14.1. The Morgan fingerprint density at radius 1 is 0.816 bits per heavy atom. The quantitative estimate of drug-likeness (QED) is 0.323. The third-order valence-corrected chi connectivity index (χ3v) is 8.53. The number of carbonyl (C=O) groups is 1. The van der Waals surface area contributed by atoms with Gasteiger partial charge in [-0.25, -0.2) is 17.7 Å². The number of pyridine rings is 1. The molecular weight excluding hydrogens is 520 g/mol. The maximum atomic E-state index is 13.6. The third-order valence-electron chi connectivity index (χ3n) is 6.51. The number of para-hydroxylation sites is 1. The Kier molecular flexibility index (Phi) is 7.62. The van der Waals surface area contributed by atoms with Crippen molar-refractivity contribution < 1.29 is 13.2 Å². The van der Waals surface area contributed by atoms with Crippen molar-refractivity contribution in [2.45, 2.75) is 11.4 Å². The summed E-state index contributed by atoms with van der Waals surface area (Å²) in [4.78, 5) is 21.8. The van der Waals surface area contributed by atoms with Crippen LogP contribution in [0.2, 0.25) is 5.02 Å². The zero-order valence-electron chi connectivity index (χ0n) is 20.7. The smallest absolute Gasteiger partial charge is 0.265 e. The molecule has 2 heterocycles. The molecule has 1 aliphatic heterocycles. The second-order valence-electron chi connectivity index (χ2n) is 8.97. The molecule has 1 saturated heterocycles. The van der Waals surface area contributed by atoms with Crippen LogP contribution in [0, 0.1) is 0 Å². The minimum absolute atomic E-state index is 0.0656. The molecular formula is C29H27ClN4O3S. The predicted molar refractivity (Wildman–Crippen MR) is 150 cm³/mol. The van der Waals surface area contributed by atoms with E-state index in [1.54, 1.807) is 66.7 Å². The van der Waals surface area contributed by atoms with Crippen molar-refractivity contribution in [3.63, 3.8) is 0 Å². The summed E-state index contributed by atoms with van der Waals surface area (Å²) in [7, 11) is -3.91. The molecule has 1 fully saturated rings. The van der Waals surface area contributed by atoms with E-state index in [9.17, 15) is 13.2 Å². The van der Waals surface area contributed by atoms with Gasteiger partial charge in [-0.3, -0.25) is 4.79 Å². The van der Waals surface area contributed by atoms with Gasteiger partial charge in [-0.05, 0) is 54.1 Å². The molecule has 194 valence electrons. The fourth-order valence-electron chi connectivity index (χ4n) is 4.41. The van der Waals surface area contributed by atoms with Crippen LogP contribution >= 0.6 is 11.6 Å². The van der Waals surface area contributed by atoms with E-state index in [0.717, 1.165) is 24.3 Å². The van der Waals surface area contributed by atoms with Crippen molar-refractivity contribution in [3.8, 4) is 0 Å². The number of sulfonamides is 1. The maximum absolute atomic E-state index is 13.6. The van der Waals surface area contributed by atoms with Crippen LogP contribution in [0.25, 0.3) is 0 Å². The summed E-state index contributed by atoms with van der Waals surface area (Å²) in [6, 6.07) is 28.6. The van der Waals surface area contributed by atoms with Gasteiger partial charge in [0.2, 0.25) is 0 Å². The lowest BCUT2D eigenvalue weighted by atomic mass is 10.2. The summed E-state index contributed by atoms with van der Waals surface area (Å²) in [6.07, 6.45) is 1.45. The molecule has 5 rings (SSSR count). The summed E-state index contributed by atoms with van der Waals surface area (Å²) >= 11 is 6.02. The van der Waals surface area contributed by atoms with E-state index in [-0.39, 0.29) is 23.2 Å². The van der Waals surface area contributed by atoms with Crippen LogP contribution in [0.3, 0.4) is 0 Å². The third kappa shape index (κ3) is 5.66. The molecule has 3 aromatic carbocycles. The van der Waals surface area contributed by atoms with Crippen LogP contribution in [0.1, 0.15) is 15.9 Å². The van der Waals surface area contributed by atoms with E-state index in [2.05, 4.69) is 22.0 Å². The van der Waals surface area contributed by atoms with E-state index in [4.69, 9.17) is 11.6 Å². The lowest BCUT2D eigenvalue weighted by Gasteiger charge is -2.36. The van der Waals surface area contributed by atoms with E-state index >= 15 is 0 Å². The van der Waals surface area contributed by atoms with Crippen molar-refractivity contribution in [1.82, 2.24) is 9.88 Å². The Labute approximate surface area is 228 Å². The molecule has 0 spiro atoms. The van der Waals surface area contributed by atoms with E-state index in [1.807, 2.05) is 23.1 Å². The zero-order chi connectivity index (χ0) is 26.5. The molecule has 1 aromatic heterocycles. The molecule has 4 aromatic rings. The Morgan fingerprint density at radius 3 is 2.05 bits per heavy atom. The minimum Gasteiger partial charge on any atom is -0.368 e. The van der Waals surface area contributed by atoms with E-state index in [1.165, 1.54) is 10.5 Å². The fourth-order valence-corrected chi connectivity index (χ4v) is 5.97. The first-order chi connectivity index (χ1) is 18.4. The molecule has 0 atom stereocenters. The number of piperazine rings is 1. The van der Waals surface area contributed by atoms with Crippen molar-refractivity contribution in [3.05, 3.63) is 119 Å². The second kappa shape index (κ2) is 11.2. The highest BCUT2D eigenvalue weighted by Crippen LogP contribution is 2.26. The molecule has 38 heavy (non-hydrogen) atoms. The van der Waals surface area contributed by atoms with Gasteiger partial charge in [-0.15, -0.1) is 0 Å². The van der Waals surface area contributed by atoms with Gasteiger partial charge < -0.3 is 9.80 Å². The van der Waals surface area contributed by atoms with Gasteiger partial charge in [0.15, 0.2) is 0 Å². The molecule has 7 nitrogen and oxygen atoms in total. The molecule has 9 heteroatoms. The first kappa shape index (κ1) is 25.8. The number of carbonyl (C=O) groups excluding carboxylic acids is 1. The monoisotopic (exact) mass is 546 g/mol. The SMILES string of the molecule is O=C(c1ccc(N(Cc2ccc(Cl)cc2)S(=O)(=O)c2ccccc2)nc1)N1CCN(c2ccccc2)CC1. The van der Waals surface area contributed by atoms with Crippen LogP contribution in [0.5, 0.6) is 0 Å². The number of aromatic nitrogens is 1. The zero-order valence-corrected chi connectivity index (χ0v) is 22.2. The standard InChI is InChI=1S/C29H27ClN4O3S/c30-25-14-11-23(12-15-25)22-34(38(36,37)27-9-5-2-6-10-27)28-16-13-24(21-31-28)29(35)33-19-17-32(18-20-33)26-7-3-1-4-8-26/h1-16,21H,17-20,22H2. The van der Waals surface area contributed by atoms with Crippen LogP contribution in [0.15, 0.2) is 108 Å². The molecule has 0 N–H and O–H groups in total. The van der Waals surface area contributed by atoms with Crippen molar-refractivity contribution in [1.29, 1.82) is 0 Å². The largest absolute Gasteiger partial charge is 0.368 e. The Balaban J connectivity index is 1.35. The first-order valence-electron chi connectivity index (χ1n) is 12.3. The second-order valence-corrected chi connectivity index (χ2v) is 11.3. The van der Waals surface area contributed by atoms with Gasteiger partial charge in [0, 0.05) is 43.1 Å². The van der Waals surface area contributed by atoms with Crippen molar-refractivity contribution in [2.75, 3.05) is 35.4 Å². The van der Waals surface area contributed by atoms with Gasteiger partial charge >= 0.3 is 0 Å². The summed E-state index contributed by atoms with van der Waals surface area (Å²) in [5, 5.41) is 0.566. The number of rotatable bonds is 7. The number of anilines is 2. The van der Waals surface area contributed by atoms with Crippen LogP contribution < -0.4 is 9.21 Å². The molecule has 0 saturated carbocycles. The highest BCUT2D eigenvalue weighted by atomic mass is 35.5. The van der Waals surface area contributed by atoms with Gasteiger partial charge in [-0.1, -0.05) is 60.1 Å². The summed E-state index contributed by atoms with van der Waals surface area (Å²) in [5.41, 5.74) is 2.32. The molecule has 1 aliphatic rings. The van der Waals surface area contributed by atoms with E-state index in [0.29, 0.717) is 23.7 Å². The summed E-state index contributed by atoms with van der Waals surface area (Å²) in [6.45, 7) is 2.74. The Morgan fingerprint density at radius 2 is 1.45 bits per heavy atom. The summed E-state index contributed by atoms with van der Waals surface area (Å²) < 4.78 is 28.4. The lowest BCUT2D eigenvalue weighted by Crippen LogP contribution is -2.48. The minimum atomic E-state index is -3.91. The summed E-state index contributed by atoms with van der Waals surface area (Å²) in [5.74, 6) is 0.112.